The highest BCUT2D eigenvalue weighted by Gasteiger charge is 2.16. The molecule has 98 valence electrons. The molecule has 0 unspecified atom stereocenters. The number of nitro benzene ring substituents is 1. The molecule has 0 aliphatic carbocycles. The van der Waals surface area contributed by atoms with Crippen LogP contribution in [0.3, 0.4) is 0 Å². The highest BCUT2D eigenvalue weighted by molar-refractivity contribution is 5.72. The molecule has 0 N–H and O–H groups in total. The molecule has 0 spiro atoms. The van der Waals surface area contributed by atoms with Crippen LogP contribution in [-0.4, -0.2) is 17.0 Å². The van der Waals surface area contributed by atoms with Crippen LogP contribution in [0.1, 0.15) is 26.3 Å². The molecule has 0 heterocycles. The Morgan fingerprint density at radius 3 is 2.28 bits per heavy atom. The minimum Gasteiger partial charge on any atom is -0.463 e. The molecule has 18 heavy (non-hydrogen) atoms. The van der Waals surface area contributed by atoms with Crippen molar-refractivity contribution in [1.82, 2.24) is 0 Å². The van der Waals surface area contributed by atoms with Crippen LogP contribution < -0.4 is 0 Å². The summed E-state index contributed by atoms with van der Waals surface area (Å²) in [6, 6.07) is 6.21. The van der Waals surface area contributed by atoms with Gasteiger partial charge in [0, 0.05) is 12.1 Å². The molecule has 5 heteroatoms. The Balaban J connectivity index is 2.61. The van der Waals surface area contributed by atoms with Gasteiger partial charge in [-0.1, -0.05) is 19.1 Å². The van der Waals surface area contributed by atoms with Crippen molar-refractivity contribution in [3.05, 3.63) is 39.9 Å². The maximum atomic E-state index is 11.6. The molecular formula is C13H17NO4. The number of rotatable bonds is 5. The van der Waals surface area contributed by atoms with Gasteiger partial charge in [0.2, 0.25) is 0 Å². The van der Waals surface area contributed by atoms with Crippen molar-refractivity contribution in [1.29, 1.82) is 0 Å². The van der Waals surface area contributed by atoms with E-state index in [1.807, 2.05) is 0 Å². The number of hydrogen-bond acceptors (Lipinski definition) is 4. The number of esters is 1. The quantitative estimate of drug-likeness (QED) is 0.458. The van der Waals surface area contributed by atoms with Gasteiger partial charge in [0.05, 0.1) is 16.9 Å². The number of benzene rings is 1. The lowest BCUT2D eigenvalue weighted by Crippen LogP contribution is -2.20. The van der Waals surface area contributed by atoms with E-state index in [0.717, 1.165) is 5.56 Å². The molecule has 5 nitrogen and oxygen atoms in total. The fourth-order valence-corrected chi connectivity index (χ4v) is 1.54. The molecule has 1 aromatic carbocycles. The van der Waals surface area contributed by atoms with Crippen LogP contribution in [0.15, 0.2) is 24.3 Å². The first-order valence-corrected chi connectivity index (χ1v) is 5.84. The number of nitro groups is 1. The minimum atomic E-state index is -0.444. The first kappa shape index (κ1) is 14.2. The van der Waals surface area contributed by atoms with E-state index in [-0.39, 0.29) is 23.7 Å². The highest BCUT2D eigenvalue weighted by atomic mass is 16.6. The summed E-state index contributed by atoms with van der Waals surface area (Å²) in [7, 11) is 0. The molecule has 0 aliphatic heterocycles. The van der Waals surface area contributed by atoms with Gasteiger partial charge in [-0.25, -0.2) is 0 Å². The van der Waals surface area contributed by atoms with Crippen molar-refractivity contribution in [3.63, 3.8) is 0 Å². The van der Waals surface area contributed by atoms with Gasteiger partial charge in [0.1, 0.15) is 0 Å². The summed E-state index contributed by atoms with van der Waals surface area (Å²) in [5, 5.41) is 10.5. The van der Waals surface area contributed by atoms with Gasteiger partial charge in [-0.05, 0) is 25.8 Å². The van der Waals surface area contributed by atoms with Crippen molar-refractivity contribution in [2.24, 2.45) is 5.92 Å². The summed E-state index contributed by atoms with van der Waals surface area (Å²) < 4.78 is 5.10. The second kappa shape index (κ2) is 6.14. The van der Waals surface area contributed by atoms with E-state index >= 15 is 0 Å². The third kappa shape index (κ3) is 4.16. The average molecular weight is 251 g/mol. The van der Waals surface area contributed by atoms with E-state index in [0.29, 0.717) is 6.42 Å². The smallest absolute Gasteiger partial charge is 0.309 e. The summed E-state index contributed by atoms with van der Waals surface area (Å²) in [6.45, 7) is 5.39. The Bertz CT molecular complexity index is 425. The zero-order valence-electron chi connectivity index (χ0n) is 10.8. The predicted molar refractivity (Wildman–Crippen MR) is 67.2 cm³/mol. The third-order valence-electron chi connectivity index (χ3n) is 2.44. The van der Waals surface area contributed by atoms with E-state index < -0.39 is 4.92 Å². The van der Waals surface area contributed by atoms with E-state index in [1.165, 1.54) is 12.1 Å². The molecule has 0 aliphatic rings. The molecule has 1 rings (SSSR count). The molecule has 0 amide bonds. The predicted octanol–water partition coefficient (Wildman–Crippen LogP) is 2.73. The Morgan fingerprint density at radius 1 is 1.28 bits per heavy atom. The van der Waals surface area contributed by atoms with Crippen molar-refractivity contribution in [2.45, 2.75) is 33.3 Å². The van der Waals surface area contributed by atoms with Gasteiger partial charge in [-0.3, -0.25) is 14.9 Å². The van der Waals surface area contributed by atoms with E-state index in [1.54, 1.807) is 32.9 Å². The number of nitrogens with zero attached hydrogens (tertiary/aromatic N) is 1. The lowest BCUT2D eigenvalue weighted by Gasteiger charge is -2.13. The van der Waals surface area contributed by atoms with Crippen molar-refractivity contribution >= 4 is 11.7 Å². The second-order valence-corrected chi connectivity index (χ2v) is 4.51. The normalized spacial score (nSPS) is 12.2. The summed E-state index contributed by atoms with van der Waals surface area (Å²) in [5.74, 6) is -0.503. The number of carbonyl (C=O) groups excluding carboxylic acids is 1. The maximum absolute atomic E-state index is 11.6. The summed E-state index contributed by atoms with van der Waals surface area (Å²) in [6.07, 6.45) is 0.389. The molecule has 0 saturated heterocycles. The van der Waals surface area contributed by atoms with E-state index in [2.05, 4.69) is 0 Å². The third-order valence-corrected chi connectivity index (χ3v) is 2.44. The van der Waals surface area contributed by atoms with Gasteiger partial charge >= 0.3 is 5.97 Å². The van der Waals surface area contributed by atoms with Gasteiger partial charge in [-0.2, -0.15) is 0 Å². The molecule has 1 aromatic rings. The fourth-order valence-electron chi connectivity index (χ4n) is 1.54. The molecular weight excluding hydrogens is 234 g/mol. The van der Waals surface area contributed by atoms with Gasteiger partial charge in [-0.15, -0.1) is 0 Å². The van der Waals surface area contributed by atoms with E-state index in [4.69, 9.17) is 4.74 Å². The topological polar surface area (TPSA) is 69.4 Å². The van der Waals surface area contributed by atoms with Crippen LogP contribution in [0.2, 0.25) is 0 Å². The zero-order valence-corrected chi connectivity index (χ0v) is 10.8. The fraction of sp³-hybridized carbons (Fsp3) is 0.462. The van der Waals surface area contributed by atoms with Crippen molar-refractivity contribution < 1.29 is 14.5 Å². The second-order valence-electron chi connectivity index (χ2n) is 4.51. The van der Waals surface area contributed by atoms with Gasteiger partial charge in [0.25, 0.3) is 5.69 Å². The Labute approximate surface area is 106 Å². The summed E-state index contributed by atoms with van der Waals surface area (Å²) in [5.41, 5.74) is 0.935. The lowest BCUT2D eigenvalue weighted by atomic mass is 10.0. The Kier molecular flexibility index (Phi) is 4.83. The monoisotopic (exact) mass is 251 g/mol. The molecule has 1 atom stereocenters. The Morgan fingerprint density at radius 2 is 1.83 bits per heavy atom. The summed E-state index contributed by atoms with van der Waals surface area (Å²) >= 11 is 0. The average Bonchev–Trinajstić information content (AvgIpc) is 2.28. The number of non-ortho nitro benzene ring substituents is 1. The van der Waals surface area contributed by atoms with E-state index in [9.17, 15) is 14.9 Å². The van der Waals surface area contributed by atoms with Crippen LogP contribution >= 0.6 is 0 Å². The first-order chi connectivity index (χ1) is 8.40. The van der Waals surface area contributed by atoms with Crippen molar-refractivity contribution in [2.75, 3.05) is 0 Å². The largest absolute Gasteiger partial charge is 0.463 e. The van der Waals surface area contributed by atoms with Crippen molar-refractivity contribution in [3.8, 4) is 0 Å². The number of ether oxygens (including phenoxy) is 1. The Hall–Kier alpha value is -1.91. The standard InChI is InChI=1S/C13H17NO4/c1-9(2)18-13(15)10(3)8-11-4-6-12(7-5-11)14(16)17/h4-7,9-10H,8H2,1-3H3/t10-/m0/s1. The number of hydrogen-bond donors (Lipinski definition) is 0. The molecule has 0 aromatic heterocycles. The van der Waals surface area contributed by atoms with Crippen LogP contribution in [0, 0.1) is 16.0 Å². The first-order valence-electron chi connectivity index (χ1n) is 5.84. The molecule has 0 radical (unpaired) electrons. The molecule has 0 bridgehead atoms. The lowest BCUT2D eigenvalue weighted by molar-refractivity contribution is -0.384. The van der Waals surface area contributed by atoms with Crippen LogP contribution in [0.25, 0.3) is 0 Å². The van der Waals surface area contributed by atoms with Crippen LogP contribution in [0.4, 0.5) is 5.69 Å². The molecule has 0 saturated carbocycles. The number of carbonyl (C=O) groups is 1. The van der Waals surface area contributed by atoms with Crippen LogP contribution in [-0.2, 0) is 16.0 Å². The van der Waals surface area contributed by atoms with Gasteiger partial charge in [0.15, 0.2) is 0 Å². The SMILES string of the molecule is CC(C)OC(=O)[C@@H](C)Cc1ccc([N+](=O)[O-])cc1. The maximum Gasteiger partial charge on any atom is 0.309 e. The van der Waals surface area contributed by atoms with Gasteiger partial charge < -0.3 is 4.74 Å². The summed E-state index contributed by atoms with van der Waals surface area (Å²) in [4.78, 5) is 21.7. The molecule has 0 fully saturated rings. The highest BCUT2D eigenvalue weighted by Crippen LogP contribution is 2.15. The minimum absolute atomic E-state index is 0.0520. The zero-order chi connectivity index (χ0) is 13.7. The van der Waals surface area contributed by atoms with Crippen LogP contribution in [0.5, 0.6) is 0 Å².